The van der Waals surface area contributed by atoms with Gasteiger partial charge in [0, 0.05) is 6.26 Å². The van der Waals surface area contributed by atoms with Crippen molar-refractivity contribution < 1.29 is 18.3 Å². The first-order valence-corrected chi connectivity index (χ1v) is 7.81. The normalized spacial score (nSPS) is 15.4. The molecule has 0 aromatic heterocycles. The predicted octanol–water partition coefficient (Wildman–Crippen LogP) is 1.94. The average Bonchev–Trinajstić information content (AvgIpc) is 2.26. The second-order valence-electron chi connectivity index (χ2n) is 4.72. The number of aliphatic hydroxyl groups excluding tert-OH is 1. The summed E-state index contributed by atoms with van der Waals surface area (Å²) in [4.78, 5) is 0. The molecular formula is C13H20O4S. The van der Waals surface area contributed by atoms with Crippen LogP contribution in [0.2, 0.25) is 0 Å². The van der Waals surface area contributed by atoms with E-state index >= 15 is 0 Å². The Bertz CT molecular complexity index is 476. The molecule has 0 bridgehead atoms. The highest BCUT2D eigenvalue weighted by Crippen LogP contribution is 2.24. The number of aliphatic hydroxyl groups is 1. The number of hydrogen-bond acceptors (Lipinski definition) is 4. The standard InChI is InChI=1S/C13H20O4S/c1-9(2)17-12-7-5-11(6-8-12)13(14)10(3)18(4,15)16/h5-10,13-14H,1-4H3. The fourth-order valence-corrected chi connectivity index (χ4v) is 2.15. The molecule has 2 atom stereocenters. The molecule has 0 aliphatic rings. The van der Waals surface area contributed by atoms with Crippen LogP contribution < -0.4 is 4.74 Å². The molecule has 0 aliphatic heterocycles. The molecule has 4 nitrogen and oxygen atoms in total. The molecule has 0 amide bonds. The molecule has 0 aliphatic carbocycles. The van der Waals surface area contributed by atoms with Gasteiger partial charge in [-0.05, 0) is 38.5 Å². The largest absolute Gasteiger partial charge is 0.491 e. The maximum absolute atomic E-state index is 11.4. The van der Waals surface area contributed by atoms with E-state index in [1.165, 1.54) is 6.92 Å². The molecule has 0 saturated heterocycles. The molecular weight excluding hydrogens is 252 g/mol. The van der Waals surface area contributed by atoms with E-state index in [4.69, 9.17) is 4.74 Å². The zero-order valence-corrected chi connectivity index (χ0v) is 11.9. The number of rotatable bonds is 5. The van der Waals surface area contributed by atoms with E-state index in [0.29, 0.717) is 11.3 Å². The van der Waals surface area contributed by atoms with Gasteiger partial charge in [-0.3, -0.25) is 0 Å². The van der Waals surface area contributed by atoms with Crippen molar-refractivity contribution in [2.75, 3.05) is 6.26 Å². The second-order valence-corrected chi connectivity index (χ2v) is 7.12. The van der Waals surface area contributed by atoms with Crippen LogP contribution in [-0.4, -0.2) is 31.1 Å². The summed E-state index contributed by atoms with van der Waals surface area (Å²) in [5.74, 6) is 0.702. The van der Waals surface area contributed by atoms with Gasteiger partial charge in [0.1, 0.15) is 5.75 Å². The van der Waals surface area contributed by atoms with Crippen molar-refractivity contribution in [3.8, 4) is 5.75 Å². The van der Waals surface area contributed by atoms with Crippen LogP contribution in [0, 0.1) is 0 Å². The van der Waals surface area contributed by atoms with Gasteiger partial charge in [-0.15, -0.1) is 0 Å². The second kappa shape index (κ2) is 5.71. The van der Waals surface area contributed by atoms with Crippen LogP contribution in [0.3, 0.4) is 0 Å². The van der Waals surface area contributed by atoms with Gasteiger partial charge in [0.05, 0.1) is 17.5 Å². The topological polar surface area (TPSA) is 63.6 Å². The Balaban J connectivity index is 2.85. The van der Waals surface area contributed by atoms with Crippen LogP contribution in [0.25, 0.3) is 0 Å². The van der Waals surface area contributed by atoms with E-state index in [1.54, 1.807) is 24.3 Å². The summed E-state index contributed by atoms with van der Waals surface area (Å²) in [6, 6.07) is 6.83. The maximum Gasteiger partial charge on any atom is 0.152 e. The van der Waals surface area contributed by atoms with Gasteiger partial charge in [-0.1, -0.05) is 12.1 Å². The third-order valence-corrected chi connectivity index (χ3v) is 4.32. The number of sulfone groups is 1. The molecule has 1 aromatic rings. The van der Waals surface area contributed by atoms with Crippen molar-refractivity contribution in [3.63, 3.8) is 0 Å². The van der Waals surface area contributed by atoms with Crippen LogP contribution in [0.1, 0.15) is 32.4 Å². The lowest BCUT2D eigenvalue weighted by atomic mass is 10.1. The molecule has 1 N–H and O–H groups in total. The summed E-state index contributed by atoms with van der Waals surface area (Å²) in [7, 11) is -3.26. The number of hydrogen-bond donors (Lipinski definition) is 1. The lowest BCUT2D eigenvalue weighted by Gasteiger charge is -2.18. The minimum atomic E-state index is -3.26. The summed E-state index contributed by atoms with van der Waals surface area (Å²) in [6.07, 6.45) is 0.181. The van der Waals surface area contributed by atoms with E-state index in [0.717, 1.165) is 6.26 Å². The summed E-state index contributed by atoms with van der Waals surface area (Å²) in [6.45, 7) is 5.35. The SMILES string of the molecule is CC(C)Oc1ccc(C(O)C(C)S(C)(=O)=O)cc1. The third kappa shape index (κ3) is 3.99. The zero-order valence-electron chi connectivity index (χ0n) is 11.1. The van der Waals surface area contributed by atoms with Gasteiger partial charge in [0.2, 0.25) is 0 Å². The Morgan fingerprint density at radius 3 is 2.00 bits per heavy atom. The van der Waals surface area contributed by atoms with Crippen molar-refractivity contribution >= 4 is 9.84 Å². The van der Waals surface area contributed by atoms with Crippen LogP contribution in [-0.2, 0) is 9.84 Å². The Labute approximate surface area is 109 Å². The first-order valence-electron chi connectivity index (χ1n) is 5.85. The molecule has 0 saturated carbocycles. The highest BCUT2D eigenvalue weighted by molar-refractivity contribution is 7.91. The van der Waals surface area contributed by atoms with Crippen molar-refractivity contribution in [1.29, 1.82) is 0 Å². The first-order chi connectivity index (χ1) is 8.21. The van der Waals surface area contributed by atoms with Crippen LogP contribution >= 0.6 is 0 Å². The first kappa shape index (κ1) is 15.0. The summed E-state index contributed by atoms with van der Waals surface area (Å²) in [5, 5.41) is 9.15. The summed E-state index contributed by atoms with van der Waals surface area (Å²) in [5.41, 5.74) is 0.573. The van der Waals surface area contributed by atoms with Gasteiger partial charge in [-0.25, -0.2) is 8.42 Å². The highest BCUT2D eigenvalue weighted by Gasteiger charge is 2.25. The number of benzene rings is 1. The highest BCUT2D eigenvalue weighted by atomic mass is 32.2. The molecule has 102 valence electrons. The van der Waals surface area contributed by atoms with Crippen molar-refractivity contribution in [2.45, 2.75) is 38.2 Å². The van der Waals surface area contributed by atoms with Gasteiger partial charge in [-0.2, -0.15) is 0 Å². The predicted molar refractivity (Wildman–Crippen MR) is 71.5 cm³/mol. The molecule has 1 aromatic carbocycles. The summed E-state index contributed by atoms with van der Waals surface area (Å²) < 4.78 is 28.2. The van der Waals surface area contributed by atoms with E-state index in [-0.39, 0.29) is 6.10 Å². The number of ether oxygens (including phenoxy) is 1. The smallest absolute Gasteiger partial charge is 0.152 e. The average molecular weight is 272 g/mol. The van der Waals surface area contributed by atoms with Crippen molar-refractivity contribution in [1.82, 2.24) is 0 Å². The molecule has 0 radical (unpaired) electrons. The molecule has 1 rings (SSSR count). The van der Waals surface area contributed by atoms with E-state index in [2.05, 4.69) is 0 Å². The van der Waals surface area contributed by atoms with Gasteiger partial charge in [0.15, 0.2) is 9.84 Å². The lowest BCUT2D eigenvalue weighted by Crippen LogP contribution is -2.24. The molecule has 5 heteroatoms. The monoisotopic (exact) mass is 272 g/mol. The minimum absolute atomic E-state index is 0.0794. The van der Waals surface area contributed by atoms with Crippen molar-refractivity contribution in [3.05, 3.63) is 29.8 Å². The molecule has 2 unspecified atom stereocenters. The van der Waals surface area contributed by atoms with Crippen LogP contribution in [0.5, 0.6) is 5.75 Å². The van der Waals surface area contributed by atoms with Gasteiger partial charge < -0.3 is 9.84 Å². The van der Waals surface area contributed by atoms with E-state index < -0.39 is 21.2 Å². The Hall–Kier alpha value is -1.07. The Kier molecular flexibility index (Phi) is 4.76. The Morgan fingerprint density at radius 2 is 1.61 bits per heavy atom. The zero-order chi connectivity index (χ0) is 13.9. The van der Waals surface area contributed by atoms with Crippen molar-refractivity contribution in [2.24, 2.45) is 0 Å². The molecule has 0 heterocycles. The minimum Gasteiger partial charge on any atom is -0.491 e. The maximum atomic E-state index is 11.4. The third-order valence-electron chi connectivity index (χ3n) is 2.71. The summed E-state index contributed by atoms with van der Waals surface area (Å²) >= 11 is 0. The molecule has 0 spiro atoms. The fraction of sp³-hybridized carbons (Fsp3) is 0.538. The molecule has 18 heavy (non-hydrogen) atoms. The lowest BCUT2D eigenvalue weighted by molar-refractivity contribution is 0.176. The van der Waals surface area contributed by atoms with Gasteiger partial charge >= 0.3 is 0 Å². The quantitative estimate of drug-likeness (QED) is 0.889. The Morgan fingerprint density at radius 1 is 1.11 bits per heavy atom. The van der Waals surface area contributed by atoms with E-state index in [1.807, 2.05) is 13.8 Å². The van der Waals surface area contributed by atoms with Crippen LogP contribution in [0.4, 0.5) is 0 Å². The van der Waals surface area contributed by atoms with E-state index in [9.17, 15) is 13.5 Å². The van der Waals surface area contributed by atoms with Crippen LogP contribution in [0.15, 0.2) is 24.3 Å². The fourth-order valence-electron chi connectivity index (χ4n) is 1.52. The molecule has 0 fully saturated rings. The van der Waals surface area contributed by atoms with Gasteiger partial charge in [0.25, 0.3) is 0 Å².